The largest absolute Gasteiger partial charge is 0.372 e. The van der Waals surface area contributed by atoms with E-state index >= 15 is 0 Å². The monoisotopic (exact) mass is 514 g/mol. The van der Waals surface area contributed by atoms with Crippen LogP contribution in [-0.4, -0.2) is 62.1 Å². The topological polar surface area (TPSA) is 122 Å². The van der Waals surface area contributed by atoms with Gasteiger partial charge in [0.05, 0.1) is 5.54 Å². The van der Waals surface area contributed by atoms with Crippen molar-refractivity contribution in [1.82, 2.24) is 15.5 Å². The lowest BCUT2D eigenvalue weighted by atomic mass is 9.83. The summed E-state index contributed by atoms with van der Waals surface area (Å²) in [4.78, 5) is 37.3. The second-order valence-electron chi connectivity index (χ2n) is 12.2. The molecule has 9 heteroatoms. The summed E-state index contributed by atoms with van der Waals surface area (Å²) in [6.45, 7) is 17.0. The Labute approximate surface area is 215 Å². The van der Waals surface area contributed by atoms with Crippen LogP contribution in [0.1, 0.15) is 100 Å². The number of nitrogens with zero attached hydrogens (tertiary/aromatic N) is 1. The second kappa shape index (κ2) is 13.1. The van der Waals surface area contributed by atoms with Crippen molar-refractivity contribution >= 4 is 29.1 Å². The number of nitrogens with two attached hydrogens (primary N) is 1. The predicted molar refractivity (Wildman–Crippen MR) is 143 cm³/mol. The van der Waals surface area contributed by atoms with Crippen molar-refractivity contribution < 1.29 is 18.6 Å². The smallest absolute Gasteiger partial charge is 0.315 e. The Morgan fingerprint density at radius 3 is 2.11 bits per heavy atom. The lowest BCUT2D eigenvalue weighted by Gasteiger charge is -2.41. The molecule has 0 aromatic carbocycles. The lowest BCUT2D eigenvalue weighted by Crippen LogP contribution is -2.62. The van der Waals surface area contributed by atoms with Crippen LogP contribution in [0.15, 0.2) is 0 Å². The fourth-order valence-corrected chi connectivity index (χ4v) is 6.38. The van der Waals surface area contributed by atoms with Crippen LogP contribution >= 0.6 is 0 Å². The van der Waals surface area contributed by atoms with Gasteiger partial charge in [-0.25, -0.2) is 4.79 Å². The molecule has 1 saturated heterocycles. The molecular weight excluding hydrogens is 464 g/mol. The van der Waals surface area contributed by atoms with Crippen LogP contribution in [0.5, 0.6) is 0 Å². The van der Waals surface area contributed by atoms with Crippen LogP contribution in [0.2, 0.25) is 0 Å². The number of hydrogen-bond donors (Lipinski definition) is 3. The number of urea groups is 1. The van der Waals surface area contributed by atoms with E-state index in [1.807, 2.05) is 46.4 Å². The third-order valence-corrected chi connectivity index (χ3v) is 9.57. The summed E-state index contributed by atoms with van der Waals surface area (Å²) >= 11 is 0. The minimum atomic E-state index is -1.06. The summed E-state index contributed by atoms with van der Waals surface area (Å²) in [7, 11) is -1.06. The van der Waals surface area contributed by atoms with E-state index in [1.165, 1.54) is 0 Å². The number of rotatable bonds is 6. The van der Waals surface area contributed by atoms with Crippen LogP contribution in [0, 0.1) is 11.3 Å². The Morgan fingerprint density at radius 2 is 1.69 bits per heavy atom. The molecule has 204 valence electrons. The molecule has 4 N–H and O–H groups in total. The summed E-state index contributed by atoms with van der Waals surface area (Å²) < 4.78 is 12.6. The minimum Gasteiger partial charge on any atom is -0.372 e. The molecule has 0 aromatic rings. The molecule has 0 spiro atoms. The molecule has 1 aliphatic carbocycles. The normalized spacial score (nSPS) is 23.9. The van der Waals surface area contributed by atoms with Gasteiger partial charge >= 0.3 is 6.03 Å². The number of nitrogens with one attached hydrogen (secondary N) is 2. The molecule has 4 atom stereocenters. The number of hydrogen-bond acceptors (Lipinski definition) is 4. The highest BCUT2D eigenvalue weighted by Gasteiger charge is 2.43. The van der Waals surface area contributed by atoms with Gasteiger partial charge in [-0.05, 0) is 58.3 Å². The highest BCUT2D eigenvalue weighted by molar-refractivity contribution is 7.86. The standard InChI is InChI=1S/C25H47N3O3S.CH3NO/c1-9-19-13-16-28(18(19)2)21(29)20(23(3,4)5)26-22(30)27-25(14-11-10-12-15-25)17-32(31)24(6,7)8;2-1-3/h18-20H,9-17H2,1-8H3,(H2,26,27,30);1H,(H2,2,3). The lowest BCUT2D eigenvalue weighted by molar-refractivity contribution is -0.136. The van der Waals surface area contributed by atoms with E-state index in [0.717, 1.165) is 51.5 Å². The first-order valence-electron chi connectivity index (χ1n) is 13.0. The van der Waals surface area contributed by atoms with Crippen molar-refractivity contribution in [3.63, 3.8) is 0 Å². The van der Waals surface area contributed by atoms with E-state index in [2.05, 4.69) is 30.2 Å². The van der Waals surface area contributed by atoms with Gasteiger partial charge in [0.25, 0.3) is 0 Å². The maximum absolute atomic E-state index is 13.5. The van der Waals surface area contributed by atoms with Crippen LogP contribution < -0.4 is 16.4 Å². The maximum atomic E-state index is 13.5. The van der Waals surface area contributed by atoms with Crippen LogP contribution in [0.25, 0.3) is 0 Å². The fourth-order valence-electron chi connectivity index (χ4n) is 5.08. The summed E-state index contributed by atoms with van der Waals surface area (Å²) in [5.41, 5.74) is 3.28. The number of carbonyl (C=O) groups excluding carboxylic acids is 3. The van der Waals surface area contributed by atoms with Crippen molar-refractivity contribution in [2.45, 2.75) is 123 Å². The Balaban J connectivity index is 0.00000194. The molecule has 0 radical (unpaired) electrons. The summed E-state index contributed by atoms with van der Waals surface area (Å²) in [6, 6.07) is -0.722. The van der Waals surface area contributed by atoms with Gasteiger partial charge in [-0.2, -0.15) is 0 Å². The summed E-state index contributed by atoms with van der Waals surface area (Å²) in [5.74, 6) is 0.984. The van der Waals surface area contributed by atoms with Crippen molar-refractivity contribution in [2.24, 2.45) is 17.1 Å². The molecule has 2 aliphatic rings. The van der Waals surface area contributed by atoms with Gasteiger partial charge in [0, 0.05) is 33.9 Å². The van der Waals surface area contributed by atoms with Crippen LogP contribution in [0.4, 0.5) is 4.79 Å². The van der Waals surface area contributed by atoms with Gasteiger partial charge in [-0.15, -0.1) is 0 Å². The molecule has 0 bridgehead atoms. The Kier molecular flexibility index (Phi) is 11.7. The first kappa shape index (κ1) is 31.4. The van der Waals surface area contributed by atoms with E-state index < -0.39 is 27.8 Å². The average molecular weight is 515 g/mol. The first-order chi connectivity index (χ1) is 16.1. The highest BCUT2D eigenvalue weighted by Crippen LogP contribution is 2.32. The van der Waals surface area contributed by atoms with E-state index in [-0.39, 0.29) is 29.1 Å². The van der Waals surface area contributed by atoms with Crippen LogP contribution in [0.3, 0.4) is 0 Å². The van der Waals surface area contributed by atoms with Gasteiger partial charge in [-0.3, -0.25) is 13.8 Å². The SMILES string of the molecule is CCC1CCN(C(=O)C(NC(=O)NC2(CS(=O)C(C)(C)C)CCCCC2)C(C)(C)C)C1C.NC=O. The van der Waals surface area contributed by atoms with Crippen molar-refractivity contribution in [3.8, 4) is 0 Å². The van der Waals surface area contributed by atoms with Gasteiger partial charge in [0.2, 0.25) is 12.3 Å². The van der Waals surface area contributed by atoms with Gasteiger partial charge in [0.15, 0.2) is 0 Å². The molecule has 2 rings (SSSR count). The zero-order valence-electron chi connectivity index (χ0n) is 23.2. The number of carbonyl (C=O) groups is 3. The third-order valence-electron chi connectivity index (χ3n) is 7.39. The number of primary amides is 1. The minimum absolute atomic E-state index is 0.00654. The van der Waals surface area contributed by atoms with Gasteiger partial charge < -0.3 is 21.3 Å². The van der Waals surface area contributed by atoms with E-state index in [1.54, 1.807) is 0 Å². The molecular formula is C26H50N4O4S. The van der Waals surface area contributed by atoms with Gasteiger partial charge in [-0.1, -0.05) is 53.4 Å². The van der Waals surface area contributed by atoms with Crippen molar-refractivity contribution in [2.75, 3.05) is 12.3 Å². The van der Waals surface area contributed by atoms with Gasteiger partial charge in [0.1, 0.15) is 6.04 Å². The Bertz CT molecular complexity index is 739. The number of amides is 4. The highest BCUT2D eigenvalue weighted by atomic mass is 32.2. The molecule has 1 heterocycles. The molecule has 0 aromatic heterocycles. The average Bonchev–Trinajstić information content (AvgIpc) is 3.11. The summed E-state index contributed by atoms with van der Waals surface area (Å²) in [5, 5.41) is 6.23. The van der Waals surface area contributed by atoms with Crippen molar-refractivity contribution in [1.29, 1.82) is 0 Å². The fraction of sp³-hybridized carbons (Fsp3) is 0.885. The van der Waals surface area contributed by atoms with Crippen molar-refractivity contribution in [3.05, 3.63) is 0 Å². The summed E-state index contributed by atoms with van der Waals surface area (Å²) in [6.07, 6.45) is 7.18. The molecule has 35 heavy (non-hydrogen) atoms. The van der Waals surface area contributed by atoms with Crippen LogP contribution in [-0.2, 0) is 20.4 Å². The maximum Gasteiger partial charge on any atom is 0.315 e. The molecule has 4 amide bonds. The second-order valence-corrected chi connectivity index (χ2v) is 14.4. The molecule has 1 saturated carbocycles. The Morgan fingerprint density at radius 1 is 1.14 bits per heavy atom. The zero-order valence-corrected chi connectivity index (χ0v) is 24.1. The quantitative estimate of drug-likeness (QED) is 0.468. The molecule has 1 aliphatic heterocycles. The molecule has 8 nitrogen and oxygen atoms in total. The van der Waals surface area contributed by atoms with E-state index in [0.29, 0.717) is 11.7 Å². The first-order valence-corrected chi connectivity index (χ1v) is 14.4. The Hall–Kier alpha value is -1.64. The molecule has 4 unspecified atom stereocenters. The van der Waals surface area contributed by atoms with E-state index in [9.17, 15) is 13.8 Å². The van der Waals surface area contributed by atoms with E-state index in [4.69, 9.17) is 4.79 Å². The predicted octanol–water partition coefficient (Wildman–Crippen LogP) is 3.70. The third kappa shape index (κ3) is 9.07. The molecule has 2 fully saturated rings. The zero-order chi connectivity index (χ0) is 27.0. The number of likely N-dealkylation sites (tertiary alicyclic amines) is 1.